The Kier molecular flexibility index (Phi) is 7.13. The molecule has 0 aliphatic heterocycles. The molecule has 0 aliphatic rings. The fourth-order valence-electron chi connectivity index (χ4n) is 2.86. The molecule has 0 saturated carbocycles. The number of nitrogens with zero attached hydrogens (tertiary/aromatic N) is 3. The standard InChI is InChI=1S/C22H24N4O3S/c1-15(2)17-6-8-18(9-7-17)26(22(28)20-14-30-25-24-20)13-21(27)23-12-16-4-10-19(29-3)11-5-16/h4-11,14-15H,12-13H2,1-3H3,(H,23,27). The second-order valence-electron chi connectivity index (χ2n) is 7.05. The fraction of sp³-hybridized carbons (Fsp3) is 0.273. The van der Waals surface area contributed by atoms with Crippen LogP contribution in [0.1, 0.15) is 41.4 Å². The van der Waals surface area contributed by atoms with Gasteiger partial charge in [-0.3, -0.25) is 14.5 Å². The Labute approximate surface area is 179 Å². The van der Waals surface area contributed by atoms with Crippen molar-refractivity contribution in [3.05, 3.63) is 70.7 Å². The molecule has 7 nitrogen and oxygen atoms in total. The molecule has 0 unspecified atom stereocenters. The summed E-state index contributed by atoms with van der Waals surface area (Å²) in [5, 5.41) is 8.30. The Bertz CT molecular complexity index is 971. The van der Waals surface area contributed by atoms with Crippen LogP contribution in [0.4, 0.5) is 5.69 Å². The lowest BCUT2D eigenvalue weighted by Crippen LogP contribution is -2.41. The molecule has 1 aromatic heterocycles. The summed E-state index contributed by atoms with van der Waals surface area (Å²) in [7, 11) is 1.61. The van der Waals surface area contributed by atoms with Crippen LogP contribution in [0.15, 0.2) is 53.9 Å². The number of methoxy groups -OCH3 is 1. The Morgan fingerprint density at radius 2 is 1.80 bits per heavy atom. The highest BCUT2D eigenvalue weighted by atomic mass is 32.1. The summed E-state index contributed by atoms with van der Waals surface area (Å²) < 4.78 is 8.90. The maximum absolute atomic E-state index is 12.9. The van der Waals surface area contributed by atoms with Gasteiger partial charge in [-0.1, -0.05) is 42.6 Å². The van der Waals surface area contributed by atoms with E-state index in [1.165, 1.54) is 4.90 Å². The lowest BCUT2D eigenvalue weighted by atomic mass is 10.0. The van der Waals surface area contributed by atoms with E-state index < -0.39 is 0 Å². The Hall–Kier alpha value is -3.26. The minimum Gasteiger partial charge on any atom is -0.497 e. The highest BCUT2D eigenvalue weighted by Crippen LogP contribution is 2.21. The van der Waals surface area contributed by atoms with Crippen LogP contribution in [0, 0.1) is 0 Å². The minimum atomic E-state index is -0.361. The molecule has 2 aromatic carbocycles. The van der Waals surface area contributed by atoms with Gasteiger partial charge in [0, 0.05) is 17.6 Å². The van der Waals surface area contributed by atoms with E-state index in [-0.39, 0.29) is 24.1 Å². The number of carbonyl (C=O) groups is 2. The van der Waals surface area contributed by atoms with Crippen LogP contribution < -0.4 is 15.0 Å². The normalized spacial score (nSPS) is 10.7. The number of hydrogen-bond donors (Lipinski definition) is 1. The fourth-order valence-corrected chi connectivity index (χ4v) is 3.29. The second kappa shape index (κ2) is 9.98. The van der Waals surface area contributed by atoms with Crippen LogP contribution in [-0.2, 0) is 11.3 Å². The van der Waals surface area contributed by atoms with Gasteiger partial charge in [0.15, 0.2) is 5.69 Å². The monoisotopic (exact) mass is 424 g/mol. The third-order valence-electron chi connectivity index (χ3n) is 4.65. The number of carbonyl (C=O) groups excluding carboxylic acids is 2. The van der Waals surface area contributed by atoms with E-state index in [0.29, 0.717) is 18.2 Å². The van der Waals surface area contributed by atoms with E-state index >= 15 is 0 Å². The molecule has 0 fully saturated rings. The number of hydrogen-bond acceptors (Lipinski definition) is 6. The molecule has 1 heterocycles. The lowest BCUT2D eigenvalue weighted by molar-refractivity contribution is -0.119. The topological polar surface area (TPSA) is 84.4 Å². The predicted octanol–water partition coefficient (Wildman–Crippen LogP) is 3.63. The summed E-state index contributed by atoms with van der Waals surface area (Å²) in [4.78, 5) is 27.0. The van der Waals surface area contributed by atoms with Crippen molar-refractivity contribution in [2.75, 3.05) is 18.6 Å². The first kappa shape index (κ1) is 21.4. The van der Waals surface area contributed by atoms with Crippen LogP contribution in [0.2, 0.25) is 0 Å². The number of nitrogens with one attached hydrogen (secondary N) is 1. The zero-order valence-corrected chi connectivity index (χ0v) is 18.0. The predicted molar refractivity (Wildman–Crippen MR) is 117 cm³/mol. The van der Waals surface area contributed by atoms with Crippen LogP contribution in [0.25, 0.3) is 0 Å². The van der Waals surface area contributed by atoms with Crippen molar-refractivity contribution in [1.29, 1.82) is 0 Å². The number of rotatable bonds is 8. The summed E-state index contributed by atoms with van der Waals surface area (Å²) in [6.07, 6.45) is 0. The zero-order chi connectivity index (χ0) is 21.5. The molecule has 2 amide bonds. The van der Waals surface area contributed by atoms with E-state index in [0.717, 1.165) is 28.4 Å². The summed E-state index contributed by atoms with van der Waals surface area (Å²) in [5.74, 6) is 0.498. The summed E-state index contributed by atoms with van der Waals surface area (Å²) >= 11 is 1.10. The van der Waals surface area contributed by atoms with E-state index in [9.17, 15) is 9.59 Å². The van der Waals surface area contributed by atoms with Crippen molar-refractivity contribution in [2.45, 2.75) is 26.3 Å². The number of benzene rings is 2. The maximum Gasteiger partial charge on any atom is 0.280 e. The highest BCUT2D eigenvalue weighted by molar-refractivity contribution is 7.03. The molecule has 1 N–H and O–H groups in total. The van der Waals surface area contributed by atoms with Gasteiger partial charge in [-0.2, -0.15) is 0 Å². The SMILES string of the molecule is COc1ccc(CNC(=O)CN(C(=O)c2csnn2)c2ccc(C(C)C)cc2)cc1. The third-order valence-corrected chi connectivity index (χ3v) is 5.15. The molecule has 0 spiro atoms. The largest absolute Gasteiger partial charge is 0.497 e. The summed E-state index contributed by atoms with van der Waals surface area (Å²) in [6.45, 7) is 4.44. The van der Waals surface area contributed by atoms with Crippen molar-refractivity contribution in [3.63, 3.8) is 0 Å². The van der Waals surface area contributed by atoms with Gasteiger partial charge in [-0.15, -0.1) is 5.10 Å². The first-order valence-electron chi connectivity index (χ1n) is 9.56. The number of amides is 2. The van der Waals surface area contributed by atoms with Crippen molar-refractivity contribution < 1.29 is 14.3 Å². The second-order valence-corrected chi connectivity index (χ2v) is 7.66. The number of aromatic nitrogens is 2. The number of anilines is 1. The average Bonchev–Trinajstić information content (AvgIpc) is 3.31. The van der Waals surface area contributed by atoms with E-state index in [1.807, 2.05) is 48.5 Å². The van der Waals surface area contributed by atoms with Gasteiger partial charge >= 0.3 is 0 Å². The molecule has 0 aliphatic carbocycles. The third kappa shape index (κ3) is 5.42. The molecule has 156 valence electrons. The summed E-state index contributed by atoms with van der Waals surface area (Å²) in [5.41, 5.74) is 2.95. The molecular formula is C22H24N4O3S. The quantitative estimate of drug-likeness (QED) is 0.597. The molecule has 3 aromatic rings. The number of ether oxygens (including phenoxy) is 1. The maximum atomic E-state index is 12.9. The van der Waals surface area contributed by atoms with Gasteiger partial charge in [0.1, 0.15) is 12.3 Å². The van der Waals surface area contributed by atoms with Crippen molar-refractivity contribution in [2.24, 2.45) is 0 Å². The lowest BCUT2D eigenvalue weighted by Gasteiger charge is -2.22. The average molecular weight is 425 g/mol. The van der Waals surface area contributed by atoms with Crippen molar-refractivity contribution in [1.82, 2.24) is 14.9 Å². The molecule has 0 bridgehead atoms. The Morgan fingerprint density at radius 3 is 2.37 bits per heavy atom. The molecule has 0 atom stereocenters. The van der Waals surface area contributed by atoms with Crippen LogP contribution in [0.3, 0.4) is 0 Å². The zero-order valence-electron chi connectivity index (χ0n) is 17.2. The summed E-state index contributed by atoms with van der Waals surface area (Å²) in [6, 6.07) is 15.1. The smallest absolute Gasteiger partial charge is 0.280 e. The van der Waals surface area contributed by atoms with Crippen LogP contribution in [-0.4, -0.2) is 35.1 Å². The van der Waals surface area contributed by atoms with Gasteiger partial charge in [0.2, 0.25) is 5.91 Å². The molecule has 0 radical (unpaired) electrons. The van der Waals surface area contributed by atoms with Gasteiger partial charge in [0.25, 0.3) is 5.91 Å². The Morgan fingerprint density at radius 1 is 1.10 bits per heavy atom. The molecular weight excluding hydrogens is 400 g/mol. The highest BCUT2D eigenvalue weighted by Gasteiger charge is 2.23. The van der Waals surface area contributed by atoms with Crippen LogP contribution >= 0.6 is 11.5 Å². The Balaban J connectivity index is 1.72. The van der Waals surface area contributed by atoms with Crippen LogP contribution in [0.5, 0.6) is 5.75 Å². The molecule has 30 heavy (non-hydrogen) atoms. The van der Waals surface area contributed by atoms with Gasteiger partial charge in [-0.05, 0) is 52.8 Å². The first-order valence-corrected chi connectivity index (χ1v) is 10.4. The minimum absolute atomic E-state index is 0.118. The van der Waals surface area contributed by atoms with Crippen molar-refractivity contribution >= 4 is 29.0 Å². The van der Waals surface area contributed by atoms with Crippen molar-refractivity contribution in [3.8, 4) is 5.75 Å². The molecule has 3 rings (SSSR count). The van der Waals surface area contributed by atoms with Gasteiger partial charge in [-0.25, -0.2) is 0 Å². The van der Waals surface area contributed by atoms with E-state index in [4.69, 9.17) is 4.74 Å². The van der Waals surface area contributed by atoms with E-state index in [1.54, 1.807) is 12.5 Å². The first-order chi connectivity index (χ1) is 14.5. The van der Waals surface area contributed by atoms with Gasteiger partial charge < -0.3 is 10.1 Å². The van der Waals surface area contributed by atoms with E-state index in [2.05, 4.69) is 28.8 Å². The molecule has 8 heteroatoms. The molecule has 0 saturated heterocycles. The van der Waals surface area contributed by atoms with Gasteiger partial charge in [0.05, 0.1) is 7.11 Å².